The van der Waals surface area contributed by atoms with Gasteiger partial charge in [-0.05, 0) is 225 Å². The zero-order valence-electron chi connectivity index (χ0n) is 84.7. The Bertz CT molecular complexity index is 3060. The van der Waals surface area contributed by atoms with Crippen molar-refractivity contribution in [2.75, 3.05) is 39.6 Å². The quantitative estimate of drug-likeness (QED) is 0.0725. The average molecular weight is 1640 g/mol. The molecule has 11 unspecified atom stereocenters. The molecule has 4 aliphatic heterocycles. The summed E-state index contributed by atoms with van der Waals surface area (Å²) in [6.45, 7) is 94.6. The van der Waals surface area contributed by atoms with Crippen molar-refractivity contribution >= 4 is 23.8 Å². The van der Waals surface area contributed by atoms with E-state index in [1.165, 1.54) is 88.2 Å². The lowest BCUT2D eigenvalue weighted by molar-refractivity contribution is -0.167. The summed E-state index contributed by atoms with van der Waals surface area (Å²) in [5.74, 6) is 1.94. The lowest BCUT2D eigenvalue weighted by atomic mass is 9.59. The van der Waals surface area contributed by atoms with E-state index in [2.05, 4.69) is 296 Å². The van der Waals surface area contributed by atoms with Crippen LogP contribution in [0.25, 0.3) is 0 Å². The van der Waals surface area contributed by atoms with Crippen molar-refractivity contribution in [2.45, 2.75) is 442 Å². The molecule has 117 heavy (non-hydrogen) atoms. The first-order valence-corrected chi connectivity index (χ1v) is 47.3. The van der Waals surface area contributed by atoms with E-state index in [9.17, 15) is 19.2 Å². The third-order valence-corrected chi connectivity index (χ3v) is 23.9. The number of ether oxygens (including phenoxy) is 5. The minimum atomic E-state index is -0.845. The molecule has 2 bridgehead atoms. The van der Waals surface area contributed by atoms with Crippen LogP contribution in [0.15, 0.2) is 72.9 Å². The topological polar surface area (TPSA) is 118 Å². The monoisotopic (exact) mass is 1640 g/mol. The van der Waals surface area contributed by atoms with E-state index in [-0.39, 0.29) is 79.2 Å². The number of allylic oxidation sites excluding steroid dienone is 1. The number of esters is 3. The first-order chi connectivity index (χ1) is 53.4. The molecule has 4 fully saturated rings. The lowest BCUT2D eigenvalue weighted by Gasteiger charge is -2.42. The molecular formula is C107H195NO9. The highest BCUT2D eigenvalue weighted by Gasteiger charge is 2.60. The van der Waals surface area contributed by atoms with Gasteiger partial charge in [0.1, 0.15) is 0 Å². The summed E-state index contributed by atoms with van der Waals surface area (Å²) in [6, 6.07) is 22.2. The fourth-order valence-electron chi connectivity index (χ4n) is 18.6. The fourth-order valence-corrected chi connectivity index (χ4v) is 18.6. The minimum Gasteiger partial charge on any atom is -0.465 e. The zero-order valence-corrected chi connectivity index (χ0v) is 84.7. The van der Waals surface area contributed by atoms with Gasteiger partial charge in [-0.2, -0.15) is 0 Å². The summed E-state index contributed by atoms with van der Waals surface area (Å²) in [7, 11) is 0. The van der Waals surface area contributed by atoms with Gasteiger partial charge in [-0.3, -0.25) is 19.2 Å². The molecule has 4 aliphatic rings. The predicted molar refractivity (Wildman–Crippen MR) is 505 cm³/mol. The Kier molecular flexibility index (Phi) is 48.3. The molecule has 6 rings (SSSR count). The second kappa shape index (κ2) is 50.1. The summed E-state index contributed by atoms with van der Waals surface area (Å²) in [5.41, 5.74) is 3.74. The van der Waals surface area contributed by atoms with Crippen LogP contribution in [0.3, 0.4) is 0 Å². The molecule has 0 aliphatic carbocycles. The summed E-state index contributed by atoms with van der Waals surface area (Å²) < 4.78 is 29.2. The number of nitrogens with zero attached hydrogens (tertiary/aromatic N) is 1. The van der Waals surface area contributed by atoms with Crippen molar-refractivity contribution in [3.8, 4) is 0 Å². The summed E-state index contributed by atoms with van der Waals surface area (Å²) >= 11 is 0. The maximum absolute atomic E-state index is 13.4. The molecule has 0 radical (unpaired) electrons. The number of rotatable bonds is 20. The number of carbonyl (C=O) groups is 4. The van der Waals surface area contributed by atoms with Crippen LogP contribution in [0, 0.1) is 94.1 Å². The molecule has 0 N–H and O–H groups in total. The Labute approximate surface area is 726 Å². The smallest absolute Gasteiger partial charge is 0.312 e. The van der Waals surface area contributed by atoms with E-state index in [0.717, 1.165) is 89.0 Å². The third kappa shape index (κ3) is 43.7. The Morgan fingerprint density at radius 1 is 0.462 bits per heavy atom. The minimum absolute atomic E-state index is 0.0172. The van der Waals surface area contributed by atoms with Crippen LogP contribution in [0.4, 0.5) is 0 Å². The largest absolute Gasteiger partial charge is 0.465 e. The molecular weight excluding hydrogens is 1440 g/mol. The van der Waals surface area contributed by atoms with Crippen LogP contribution in [0.1, 0.15) is 441 Å². The van der Waals surface area contributed by atoms with E-state index in [1.54, 1.807) is 0 Å². The van der Waals surface area contributed by atoms with Gasteiger partial charge in [0.25, 0.3) is 0 Å². The molecule has 0 aromatic heterocycles. The standard InChI is InChI=1S/C23H40O.C23H40.C21H35NO3.C18H34O3.C18H34O2.2C2H6/c1-8-9-13-16-24-21(23(5,6)7)17-20(18-22(2,3)4)19-14-11-10-12-15-19;1-8-9-11-16-21(23(5,6)7)17-20(18-22(2,3)4)19-14-12-10-13-15-19;1-14-15(20(5,6)7)16-17(23)22(14)11-9-10-12-25-18(24)21(16,8)13-19(2,3)4;1-16(2,3)13-18(7)12-14(17(4,5)6)20-10-8-9-11-21-15(18)19;1-16(2,3)13-18(7)12-14(17(4,5)6)10-8-9-11-20-15(18)19;2*1-2/h10-12,14-15,20-21H,8-9,13,16-18H2,1-7H3;10,12-15,20-21H,8-9,11,16-18H2,1-7H3;15-16H,1,9-13H2,2-8H3;14H,8-13H2,1-7H3;14H,8-13H2,1-7H3;2*1-2H3. The van der Waals surface area contributed by atoms with E-state index in [1.807, 2.05) is 46.4 Å². The lowest BCUT2D eigenvalue weighted by Crippen LogP contribution is -2.48. The molecule has 10 nitrogen and oxygen atoms in total. The van der Waals surface area contributed by atoms with Gasteiger partial charge in [0.15, 0.2) is 0 Å². The normalized spacial score (nSPS) is 23.6. The van der Waals surface area contributed by atoms with Crippen molar-refractivity contribution in [1.82, 2.24) is 4.90 Å². The van der Waals surface area contributed by atoms with Gasteiger partial charge in [0.05, 0.1) is 54.2 Å². The molecule has 1 amide bonds. The third-order valence-electron chi connectivity index (χ3n) is 23.9. The molecule has 0 saturated carbocycles. The number of benzene rings is 2. The van der Waals surface area contributed by atoms with Crippen LogP contribution in [-0.4, -0.2) is 80.5 Å². The number of unbranched alkanes of at least 4 members (excludes halogenated alkanes) is 4. The highest BCUT2D eigenvalue weighted by atomic mass is 16.5. The molecule has 4 heterocycles. The van der Waals surface area contributed by atoms with E-state index < -0.39 is 16.7 Å². The van der Waals surface area contributed by atoms with Gasteiger partial charge in [-0.25, -0.2) is 0 Å². The Morgan fingerprint density at radius 2 is 0.872 bits per heavy atom. The van der Waals surface area contributed by atoms with Gasteiger partial charge < -0.3 is 28.6 Å². The first-order valence-electron chi connectivity index (χ1n) is 47.3. The Balaban J connectivity index is 0.00000142. The van der Waals surface area contributed by atoms with Crippen molar-refractivity contribution in [2.24, 2.45) is 94.1 Å². The average Bonchev–Trinajstić information content (AvgIpc) is 1.58. The second-order valence-electron chi connectivity index (χ2n) is 47.8. The van der Waals surface area contributed by atoms with Crippen molar-refractivity contribution in [3.05, 3.63) is 84.1 Å². The molecule has 10 heteroatoms. The van der Waals surface area contributed by atoms with Gasteiger partial charge >= 0.3 is 17.9 Å². The number of carbonyl (C=O) groups excluding carboxylic acids is 4. The van der Waals surface area contributed by atoms with Crippen LogP contribution in [-0.2, 0) is 42.9 Å². The molecule has 2 aromatic rings. The highest BCUT2D eigenvalue weighted by Crippen LogP contribution is 2.56. The van der Waals surface area contributed by atoms with Gasteiger partial charge in [0.2, 0.25) is 5.91 Å². The number of hydrogen-bond acceptors (Lipinski definition) is 9. The first kappa shape index (κ1) is 113. The summed E-state index contributed by atoms with van der Waals surface area (Å²) in [4.78, 5) is 53.6. The second-order valence-corrected chi connectivity index (χ2v) is 47.8. The van der Waals surface area contributed by atoms with Crippen LogP contribution >= 0.6 is 0 Å². The molecule has 11 atom stereocenters. The Hall–Kier alpha value is -4.02. The maximum Gasteiger partial charge on any atom is 0.312 e. The number of cyclic esters (lactones) is 3. The maximum atomic E-state index is 13.4. The van der Waals surface area contributed by atoms with E-state index >= 15 is 0 Å². The zero-order chi connectivity index (χ0) is 90.9. The fraction of sp³-hybridized carbons (Fsp3) is 0.832. The van der Waals surface area contributed by atoms with Crippen LogP contribution in [0.2, 0.25) is 0 Å². The van der Waals surface area contributed by atoms with Crippen molar-refractivity contribution < 1.29 is 42.9 Å². The number of fused-ring (bicyclic) bond motifs is 2. The van der Waals surface area contributed by atoms with E-state index in [0.29, 0.717) is 72.9 Å². The van der Waals surface area contributed by atoms with Crippen molar-refractivity contribution in [3.63, 3.8) is 0 Å². The van der Waals surface area contributed by atoms with Crippen molar-refractivity contribution in [1.29, 1.82) is 0 Å². The van der Waals surface area contributed by atoms with Crippen LogP contribution in [0.5, 0.6) is 0 Å². The van der Waals surface area contributed by atoms with Gasteiger partial charge in [-0.1, -0.05) is 349 Å². The van der Waals surface area contributed by atoms with Gasteiger partial charge in [0, 0.05) is 31.4 Å². The number of amides is 1. The highest BCUT2D eigenvalue weighted by molar-refractivity contribution is 5.92. The molecule has 0 spiro atoms. The SMILES string of the molecule is C=C1C(C(C)(C)C)C2C(=O)N1CCCCOC(=O)C2(C)CC(C)(C)C.CC.CC.CC(C)(C)CC1(C)CC(C(C)(C)C)CCCCOC1=O.CC(C)(C)CC1(C)CC(C(C)(C)C)OCCCCOC1=O.CCCCCC(CC(CC(C)(C)C)c1ccccc1)C(C)(C)C.CCCCCOC(CC(CC(C)(C)C)c1ccccc1)C(C)(C)C. The van der Waals surface area contributed by atoms with Gasteiger partial charge in [-0.15, -0.1) is 0 Å². The van der Waals surface area contributed by atoms with E-state index in [4.69, 9.17) is 23.7 Å². The summed E-state index contributed by atoms with van der Waals surface area (Å²) in [5, 5.41) is 0. The molecule has 4 saturated heterocycles. The molecule has 682 valence electrons. The predicted octanol–water partition coefficient (Wildman–Crippen LogP) is 31.3. The Morgan fingerprint density at radius 3 is 1.27 bits per heavy atom. The molecule has 2 aromatic carbocycles. The number of hydrogen-bond donors (Lipinski definition) is 0. The summed E-state index contributed by atoms with van der Waals surface area (Å²) in [6.07, 6.45) is 25.3. The van der Waals surface area contributed by atoms with Crippen LogP contribution < -0.4 is 0 Å².